The minimum atomic E-state index is -0.453. The van der Waals surface area contributed by atoms with Gasteiger partial charge in [0.25, 0.3) is 0 Å². The van der Waals surface area contributed by atoms with Crippen molar-refractivity contribution in [2.45, 2.75) is 9.50 Å². The second-order valence-electron chi connectivity index (χ2n) is 3.75. The molecule has 2 aromatic heterocycles. The maximum atomic E-state index is 10.6. The summed E-state index contributed by atoms with van der Waals surface area (Å²) >= 11 is 2.28. The van der Waals surface area contributed by atoms with Crippen LogP contribution in [0.25, 0.3) is 11.0 Å². The maximum absolute atomic E-state index is 10.6. The maximum Gasteiger partial charge on any atom is 0.344 e. The Morgan fingerprint density at radius 3 is 3.05 bits per heavy atom. The van der Waals surface area contributed by atoms with Gasteiger partial charge < -0.3 is 9.72 Å². The fourth-order valence-electron chi connectivity index (χ4n) is 1.61. The van der Waals surface area contributed by atoms with E-state index < -0.39 is 4.92 Å². The first-order valence-electron chi connectivity index (χ1n) is 5.47. The average Bonchev–Trinajstić information content (AvgIpc) is 3.04. The molecule has 0 fully saturated rings. The van der Waals surface area contributed by atoms with Gasteiger partial charge in [-0.1, -0.05) is 0 Å². The Kier molecular flexibility index (Phi) is 3.28. The van der Waals surface area contributed by atoms with Gasteiger partial charge in [-0.2, -0.15) is 0 Å². The number of nitrogens with one attached hydrogen (secondary N) is 1. The van der Waals surface area contributed by atoms with E-state index in [1.807, 2.05) is 18.2 Å². The van der Waals surface area contributed by atoms with Crippen molar-refractivity contribution in [1.29, 1.82) is 0 Å². The van der Waals surface area contributed by atoms with Crippen LogP contribution in [0.5, 0.6) is 5.75 Å². The van der Waals surface area contributed by atoms with Gasteiger partial charge in [-0.3, -0.25) is 10.1 Å². The Bertz CT molecular complexity index is 783. The van der Waals surface area contributed by atoms with Crippen molar-refractivity contribution < 1.29 is 9.66 Å². The van der Waals surface area contributed by atoms with Gasteiger partial charge in [0.15, 0.2) is 9.50 Å². The number of thiazole rings is 1. The number of imidazole rings is 1. The normalized spacial score (nSPS) is 10.8. The van der Waals surface area contributed by atoms with Gasteiger partial charge in [0, 0.05) is 6.07 Å². The number of rotatable bonds is 4. The van der Waals surface area contributed by atoms with Crippen LogP contribution in [0, 0.1) is 10.1 Å². The minimum absolute atomic E-state index is 0.0188. The number of nitrogens with zero attached hydrogens (tertiary/aromatic N) is 3. The van der Waals surface area contributed by atoms with Crippen molar-refractivity contribution in [3.63, 3.8) is 0 Å². The van der Waals surface area contributed by atoms with Crippen LogP contribution in [0.3, 0.4) is 0 Å². The zero-order valence-corrected chi connectivity index (χ0v) is 11.8. The molecule has 9 heteroatoms. The summed E-state index contributed by atoms with van der Waals surface area (Å²) in [5.74, 6) is 0.739. The van der Waals surface area contributed by atoms with Crippen LogP contribution in [0.15, 0.2) is 33.9 Å². The largest absolute Gasteiger partial charge is 0.497 e. The molecule has 0 unspecified atom stereocenters. The van der Waals surface area contributed by atoms with E-state index in [1.165, 1.54) is 18.0 Å². The molecule has 0 spiro atoms. The molecular weight excluding hydrogens is 300 g/mol. The lowest BCUT2D eigenvalue weighted by Crippen LogP contribution is -1.81. The van der Waals surface area contributed by atoms with Crippen LogP contribution >= 0.6 is 23.1 Å². The van der Waals surface area contributed by atoms with Crippen LogP contribution in [0.4, 0.5) is 5.00 Å². The van der Waals surface area contributed by atoms with E-state index in [-0.39, 0.29) is 5.00 Å². The molecule has 0 aliphatic rings. The molecule has 0 amide bonds. The van der Waals surface area contributed by atoms with Crippen LogP contribution in [0.2, 0.25) is 0 Å². The highest BCUT2D eigenvalue weighted by atomic mass is 32.2. The minimum Gasteiger partial charge on any atom is -0.497 e. The zero-order valence-electron chi connectivity index (χ0n) is 10.2. The number of fused-ring (bicyclic) bond motifs is 1. The SMILES string of the molecule is COc1ccc2nc(Sc3ncc([N+](=O)[O-])s3)[nH]c2c1. The standard InChI is InChI=1S/C11H8N4O3S2/c1-18-6-2-3-7-8(4-6)14-10(13-7)20-11-12-5-9(19-11)15(16)17/h2-5H,1H3,(H,13,14). The van der Waals surface area contributed by atoms with Gasteiger partial charge in [-0.15, -0.1) is 0 Å². The van der Waals surface area contributed by atoms with E-state index in [1.54, 1.807) is 7.11 Å². The second kappa shape index (κ2) is 5.10. The summed E-state index contributed by atoms with van der Waals surface area (Å²) in [5, 5.41) is 11.3. The van der Waals surface area contributed by atoms with Crippen molar-refractivity contribution in [2.24, 2.45) is 0 Å². The first kappa shape index (κ1) is 12.9. The van der Waals surface area contributed by atoms with Crippen LogP contribution in [-0.2, 0) is 0 Å². The fraction of sp³-hybridized carbons (Fsp3) is 0.0909. The number of nitro groups is 1. The molecule has 0 atom stereocenters. The molecular formula is C11H8N4O3S2. The Hall–Kier alpha value is -2.13. The monoisotopic (exact) mass is 308 g/mol. The van der Waals surface area contributed by atoms with E-state index in [4.69, 9.17) is 4.74 Å². The van der Waals surface area contributed by atoms with Crippen molar-refractivity contribution in [3.8, 4) is 5.75 Å². The fourth-order valence-corrected chi connectivity index (χ4v) is 3.30. The van der Waals surface area contributed by atoms with Gasteiger partial charge in [-0.05, 0) is 35.2 Å². The molecule has 0 bridgehead atoms. The van der Waals surface area contributed by atoms with Crippen molar-refractivity contribution in [2.75, 3.05) is 7.11 Å². The number of ether oxygens (including phenoxy) is 1. The van der Waals surface area contributed by atoms with E-state index in [0.717, 1.165) is 28.1 Å². The lowest BCUT2D eigenvalue weighted by Gasteiger charge is -1.96. The highest BCUT2D eigenvalue weighted by Gasteiger charge is 2.14. The number of hydrogen-bond acceptors (Lipinski definition) is 7. The summed E-state index contributed by atoms with van der Waals surface area (Å²) in [4.78, 5) is 21.7. The topological polar surface area (TPSA) is 93.9 Å². The second-order valence-corrected chi connectivity index (χ2v) is 5.99. The van der Waals surface area contributed by atoms with Crippen molar-refractivity contribution in [1.82, 2.24) is 15.0 Å². The zero-order chi connectivity index (χ0) is 14.1. The molecule has 0 saturated heterocycles. The van der Waals surface area contributed by atoms with Gasteiger partial charge in [0.05, 0.1) is 23.1 Å². The number of benzene rings is 1. The molecule has 1 N–H and O–H groups in total. The molecule has 2 heterocycles. The summed E-state index contributed by atoms with van der Waals surface area (Å²) in [6.45, 7) is 0. The van der Waals surface area contributed by atoms with E-state index >= 15 is 0 Å². The van der Waals surface area contributed by atoms with Gasteiger partial charge in [0.1, 0.15) is 11.9 Å². The quantitative estimate of drug-likeness (QED) is 0.588. The molecule has 20 heavy (non-hydrogen) atoms. The summed E-state index contributed by atoms with van der Waals surface area (Å²) in [7, 11) is 1.60. The molecule has 0 aliphatic heterocycles. The summed E-state index contributed by atoms with van der Waals surface area (Å²) in [6, 6.07) is 5.52. The molecule has 3 rings (SSSR count). The smallest absolute Gasteiger partial charge is 0.344 e. The predicted molar refractivity (Wildman–Crippen MR) is 75.5 cm³/mol. The van der Waals surface area contributed by atoms with E-state index in [2.05, 4.69) is 15.0 Å². The van der Waals surface area contributed by atoms with Gasteiger partial charge in [-0.25, -0.2) is 9.97 Å². The molecule has 0 saturated carbocycles. The number of aromatic amines is 1. The third kappa shape index (κ3) is 2.45. The summed E-state index contributed by atoms with van der Waals surface area (Å²) < 4.78 is 5.71. The van der Waals surface area contributed by atoms with Gasteiger partial charge in [0.2, 0.25) is 0 Å². The van der Waals surface area contributed by atoms with Gasteiger partial charge >= 0.3 is 5.00 Å². The average molecular weight is 308 g/mol. The predicted octanol–water partition coefficient (Wildman–Crippen LogP) is 3.09. The molecule has 0 aliphatic carbocycles. The molecule has 7 nitrogen and oxygen atoms in total. The highest BCUT2D eigenvalue weighted by molar-refractivity contribution is 8.00. The Labute approximate surface area is 121 Å². The first-order valence-corrected chi connectivity index (χ1v) is 7.11. The third-order valence-electron chi connectivity index (χ3n) is 2.50. The third-order valence-corrected chi connectivity index (χ3v) is 4.41. The van der Waals surface area contributed by atoms with Crippen LogP contribution in [-0.4, -0.2) is 27.0 Å². The van der Waals surface area contributed by atoms with Crippen molar-refractivity contribution in [3.05, 3.63) is 34.5 Å². The number of aromatic nitrogens is 3. The molecule has 0 radical (unpaired) electrons. The van der Waals surface area contributed by atoms with Crippen LogP contribution < -0.4 is 4.74 Å². The van der Waals surface area contributed by atoms with Crippen LogP contribution in [0.1, 0.15) is 0 Å². The molecule has 102 valence electrons. The van der Waals surface area contributed by atoms with Crippen molar-refractivity contribution >= 4 is 39.1 Å². The van der Waals surface area contributed by atoms with E-state index in [9.17, 15) is 10.1 Å². The Balaban J connectivity index is 1.88. The lowest BCUT2D eigenvalue weighted by molar-refractivity contribution is -0.380. The highest BCUT2D eigenvalue weighted by Crippen LogP contribution is 2.33. The number of methoxy groups -OCH3 is 1. The summed E-state index contributed by atoms with van der Waals surface area (Å²) in [6.07, 6.45) is 1.25. The Morgan fingerprint density at radius 2 is 2.35 bits per heavy atom. The van der Waals surface area contributed by atoms with E-state index in [0.29, 0.717) is 9.50 Å². The molecule has 3 aromatic rings. The first-order chi connectivity index (χ1) is 9.65. The lowest BCUT2D eigenvalue weighted by atomic mass is 10.3. The summed E-state index contributed by atoms with van der Waals surface area (Å²) in [5.41, 5.74) is 1.65. The number of hydrogen-bond donors (Lipinski definition) is 1. The molecule has 1 aromatic carbocycles. The Morgan fingerprint density at radius 1 is 1.50 bits per heavy atom. The number of H-pyrrole nitrogens is 1.